The second kappa shape index (κ2) is 34.4. The molecule has 26 heteroatoms. The number of likely N-dealkylation sites (tertiary alicyclic amines) is 3. The van der Waals surface area contributed by atoms with E-state index in [9.17, 15) is 44.1 Å². The summed E-state index contributed by atoms with van der Waals surface area (Å²) in [5.74, 6) is -1.08. The first-order chi connectivity index (χ1) is 48.7. The van der Waals surface area contributed by atoms with Crippen molar-refractivity contribution < 1.29 is 48.6 Å². The number of amides is 3. The predicted octanol–water partition coefficient (Wildman–Crippen LogP) is 11.9. The molecule has 4 N–H and O–H groups in total. The summed E-state index contributed by atoms with van der Waals surface area (Å²) in [6, 6.07) is 24.6. The van der Waals surface area contributed by atoms with Crippen LogP contribution in [0.1, 0.15) is 166 Å². The molecular formula is C76H92N12O10S4. The Morgan fingerprint density at radius 1 is 0.500 bits per heavy atom. The molecule has 0 bridgehead atoms. The van der Waals surface area contributed by atoms with Crippen LogP contribution in [0.15, 0.2) is 99.9 Å². The van der Waals surface area contributed by atoms with Crippen LogP contribution in [0, 0.1) is 59.3 Å². The molecule has 3 amide bonds. The summed E-state index contributed by atoms with van der Waals surface area (Å²) >= 11 is 6.12. The lowest BCUT2D eigenvalue weighted by atomic mass is 9.90. The standard InChI is InChI=1S/C26H32N4O3S.C25H30N4O4S.C25H30N4O3S2/c1-15(2)24(21-11-16(3)28-29-21)26(33)30-13-20(31)12-22(30)23(32)10-7-18-5-8-19(9-6-18)25-17(4)27-14-34-25;1-14(2)22(24-27-16(4)33-28-24)25(32)29-12-19(30)11-20(29)21(31)10-7-17-5-8-18(9-6-17)23-15(3)26-13-34-23;1-14(2)22(24-27-16(4)34-28-24)25(32)29-12-19(30)11-20(29)21(31)10-7-17-5-8-18(9-6-17)23-15(3)26-13-33-23/h5-6,8-9,11,14-15,20,22,24,31H,7,10,12-13H2,1-4H3,(H,28,29);2*5-6,8-9,13-14,19-20,22,30H,7,10-12H2,1-4H3/t20-,22+,24-;2*19-,20+,22-/m111/s1. The fourth-order valence-corrected chi connectivity index (χ4v) is 16.7. The van der Waals surface area contributed by atoms with E-state index in [1.54, 1.807) is 50.7 Å². The Hall–Kier alpha value is -8.24. The van der Waals surface area contributed by atoms with Gasteiger partial charge in [0, 0.05) is 70.8 Å². The van der Waals surface area contributed by atoms with E-state index >= 15 is 0 Å². The Kier molecular flexibility index (Phi) is 25.7. The minimum absolute atomic E-state index is 0.00649. The van der Waals surface area contributed by atoms with Crippen molar-refractivity contribution >= 4 is 80.6 Å². The number of aromatic amines is 1. The third kappa shape index (κ3) is 18.6. The van der Waals surface area contributed by atoms with Gasteiger partial charge in [0.2, 0.25) is 23.6 Å². The molecule has 0 unspecified atom stereocenters. The minimum atomic E-state index is -0.723. The van der Waals surface area contributed by atoms with Gasteiger partial charge in [-0.1, -0.05) is 119 Å². The van der Waals surface area contributed by atoms with Crippen molar-refractivity contribution in [1.29, 1.82) is 0 Å². The van der Waals surface area contributed by atoms with E-state index in [0.717, 1.165) is 75.8 Å². The lowest BCUT2D eigenvalue weighted by molar-refractivity contribution is -0.140. The van der Waals surface area contributed by atoms with Gasteiger partial charge in [-0.2, -0.15) is 14.5 Å². The number of ketones is 3. The van der Waals surface area contributed by atoms with Crippen LogP contribution in [0.2, 0.25) is 0 Å². The number of hydrogen-bond acceptors (Lipinski definition) is 22. The molecule has 3 aliphatic rings. The minimum Gasteiger partial charge on any atom is -0.391 e. The number of H-pyrrole nitrogens is 1. The van der Waals surface area contributed by atoms with Gasteiger partial charge in [0.1, 0.15) is 16.8 Å². The summed E-state index contributed by atoms with van der Waals surface area (Å²) in [5, 5.41) is 42.9. The zero-order chi connectivity index (χ0) is 73.2. The fourth-order valence-electron chi connectivity index (χ4n) is 13.8. The van der Waals surface area contributed by atoms with Crippen LogP contribution in [-0.2, 0) is 48.0 Å². The van der Waals surface area contributed by atoms with Crippen LogP contribution in [0.3, 0.4) is 0 Å². The Morgan fingerprint density at radius 3 is 1.14 bits per heavy atom. The molecule has 0 saturated carbocycles. The average molecular weight is 1460 g/mol. The number of rotatable bonds is 24. The number of hydrogen-bond donors (Lipinski definition) is 4. The molecule has 3 fully saturated rings. The number of aliphatic hydroxyl groups excluding tert-OH is 3. The molecule has 3 saturated heterocycles. The van der Waals surface area contributed by atoms with Gasteiger partial charge >= 0.3 is 0 Å². The quantitative estimate of drug-likeness (QED) is 0.0437. The molecule has 0 spiro atoms. The number of Topliss-reactive ketones (excluding diaryl/α,β-unsaturated/α-hetero) is 3. The number of benzene rings is 3. The van der Waals surface area contributed by atoms with Crippen molar-refractivity contribution in [3.63, 3.8) is 0 Å². The van der Waals surface area contributed by atoms with Gasteiger partial charge in [-0.3, -0.25) is 33.9 Å². The third-order valence-corrected chi connectivity index (χ3v) is 22.7. The van der Waals surface area contributed by atoms with Gasteiger partial charge in [0.25, 0.3) is 0 Å². The van der Waals surface area contributed by atoms with Crippen LogP contribution in [0.5, 0.6) is 0 Å². The van der Waals surface area contributed by atoms with Crippen LogP contribution >= 0.6 is 45.5 Å². The lowest BCUT2D eigenvalue weighted by Gasteiger charge is -2.29. The zero-order valence-corrected chi connectivity index (χ0v) is 63.2. The van der Waals surface area contributed by atoms with Crippen molar-refractivity contribution in [2.24, 2.45) is 17.8 Å². The van der Waals surface area contributed by atoms with Gasteiger partial charge < -0.3 is 34.5 Å². The highest BCUT2D eigenvalue weighted by Gasteiger charge is 2.46. The first-order valence-electron chi connectivity index (χ1n) is 34.9. The van der Waals surface area contributed by atoms with Crippen molar-refractivity contribution in [1.82, 2.24) is 59.3 Å². The highest BCUT2D eigenvalue weighted by Crippen LogP contribution is 2.36. The van der Waals surface area contributed by atoms with Crippen molar-refractivity contribution in [3.8, 4) is 31.3 Å². The molecule has 3 aromatic carbocycles. The Balaban J connectivity index is 0.000000165. The summed E-state index contributed by atoms with van der Waals surface area (Å²) in [6.07, 6.45) is 1.43. The summed E-state index contributed by atoms with van der Waals surface area (Å²) < 4.78 is 9.44. The van der Waals surface area contributed by atoms with E-state index in [1.165, 1.54) is 16.4 Å². The molecule has 22 nitrogen and oxygen atoms in total. The molecule has 9 heterocycles. The fraction of sp³-hybridized carbons (Fsp3) is 0.474. The SMILES string of the molecule is Cc1cc([C@H](C(=O)N2C[C@H](O)C[C@H]2C(=O)CCc2ccc(-c3scnc3C)cc2)C(C)C)n[nH]1.Cc1nc([C@H](C(=O)N2C[C@H](O)C[C@H]2C(=O)CCc2ccc(-c3scnc3C)cc2)C(C)C)no1.Cc1nc([C@H](C(=O)N2C[C@H](O)C[C@H]2C(=O)CCc2ccc(-c3scnc3C)cc2)C(C)C)ns1. The van der Waals surface area contributed by atoms with E-state index in [2.05, 4.69) is 81.0 Å². The molecule has 540 valence electrons. The number of β-amino-alcohol motifs (C(OH)–C–C–N with tert-alkyl or cyclic N) is 3. The molecular weight excluding hydrogens is 1370 g/mol. The maximum absolute atomic E-state index is 13.5. The van der Waals surface area contributed by atoms with Crippen LogP contribution in [-0.4, -0.2) is 166 Å². The molecule has 0 aliphatic carbocycles. The molecule has 12 rings (SSSR count). The first-order valence-corrected chi connectivity index (χ1v) is 38.3. The molecule has 9 atom stereocenters. The van der Waals surface area contributed by atoms with Crippen LogP contribution in [0.4, 0.5) is 0 Å². The smallest absolute Gasteiger partial charge is 0.234 e. The number of carbonyl (C=O) groups excluding carboxylic acids is 6. The molecule has 102 heavy (non-hydrogen) atoms. The van der Waals surface area contributed by atoms with Crippen molar-refractivity contribution in [3.05, 3.63) is 163 Å². The number of aliphatic hydroxyl groups is 3. The topological polar surface area (TPSA) is 305 Å². The first kappa shape index (κ1) is 76.4. The normalized spacial score (nSPS) is 19.1. The molecule has 9 aromatic rings. The number of carbonyl (C=O) groups is 6. The number of aryl methyl sites for hydroxylation is 9. The summed E-state index contributed by atoms with van der Waals surface area (Å²) in [5.41, 5.74) is 16.7. The van der Waals surface area contributed by atoms with Gasteiger partial charge in [0.05, 0.1) is 96.3 Å². The van der Waals surface area contributed by atoms with E-state index in [1.807, 2.05) is 135 Å². The monoisotopic (exact) mass is 1460 g/mol. The zero-order valence-electron chi connectivity index (χ0n) is 59.9. The molecule has 0 radical (unpaired) electrons. The number of nitrogens with zero attached hydrogens (tertiary/aromatic N) is 11. The summed E-state index contributed by atoms with van der Waals surface area (Å²) in [4.78, 5) is 110. The number of nitrogens with one attached hydrogen (secondary N) is 1. The van der Waals surface area contributed by atoms with Gasteiger partial charge in [-0.15, -0.1) is 34.0 Å². The summed E-state index contributed by atoms with van der Waals surface area (Å²) in [7, 11) is 0. The maximum atomic E-state index is 13.5. The van der Waals surface area contributed by atoms with Crippen molar-refractivity contribution in [2.45, 2.75) is 195 Å². The lowest BCUT2D eigenvalue weighted by Crippen LogP contribution is -2.44. The number of aromatic nitrogens is 9. The van der Waals surface area contributed by atoms with E-state index in [4.69, 9.17) is 4.52 Å². The summed E-state index contributed by atoms with van der Waals surface area (Å²) in [6.45, 7) is 23.6. The highest BCUT2D eigenvalue weighted by atomic mass is 32.1. The maximum Gasteiger partial charge on any atom is 0.234 e. The number of thiazole rings is 3. The third-order valence-electron chi connectivity index (χ3n) is 19.2. The molecule has 3 aliphatic heterocycles. The Labute approximate surface area is 611 Å². The van der Waals surface area contributed by atoms with Crippen LogP contribution < -0.4 is 0 Å². The second-order valence-corrected chi connectivity index (χ2v) is 31.5. The average Bonchev–Trinajstić information content (AvgIpc) is 1.62. The van der Waals surface area contributed by atoms with E-state index in [-0.39, 0.29) is 85.3 Å². The Morgan fingerprint density at radius 2 is 0.853 bits per heavy atom. The van der Waals surface area contributed by atoms with Crippen LogP contribution in [0.25, 0.3) is 31.3 Å². The van der Waals surface area contributed by atoms with Gasteiger partial charge in [0.15, 0.2) is 29.0 Å². The molecule has 6 aromatic heterocycles. The van der Waals surface area contributed by atoms with E-state index < -0.39 is 54.2 Å². The second-order valence-electron chi connectivity index (χ2n) is 28.0. The predicted molar refractivity (Wildman–Crippen MR) is 395 cm³/mol. The van der Waals surface area contributed by atoms with Gasteiger partial charge in [-0.05, 0) is 123 Å². The Bertz CT molecular complexity index is 3890. The highest BCUT2D eigenvalue weighted by molar-refractivity contribution is 7.14. The van der Waals surface area contributed by atoms with Gasteiger partial charge in [-0.25, -0.2) is 19.9 Å². The van der Waals surface area contributed by atoms with E-state index in [0.29, 0.717) is 68.2 Å². The van der Waals surface area contributed by atoms with Crippen molar-refractivity contribution in [2.75, 3.05) is 19.6 Å². The largest absolute Gasteiger partial charge is 0.391 e.